The first-order valence-electron chi connectivity index (χ1n) is 14.3. The van der Waals surface area contributed by atoms with E-state index in [0.29, 0.717) is 7.35 Å². The zero-order valence-electron chi connectivity index (χ0n) is 23.3. The Morgan fingerprint density at radius 1 is 0.553 bits per heavy atom. The summed E-state index contributed by atoms with van der Waals surface area (Å²) in [5.74, 6) is 0. The van der Waals surface area contributed by atoms with Crippen LogP contribution in [0.25, 0.3) is 34.4 Å². The van der Waals surface area contributed by atoms with Gasteiger partial charge in [-0.2, -0.15) is 0 Å². The van der Waals surface area contributed by atoms with Gasteiger partial charge in [0.05, 0.1) is 0 Å². The number of fused-ring (bicyclic) bond motifs is 2. The predicted octanol–water partition coefficient (Wildman–Crippen LogP) is 11.0. The van der Waals surface area contributed by atoms with Gasteiger partial charge in [0, 0.05) is 0 Å². The maximum atomic E-state index is 5.66. The molecule has 2 aliphatic rings. The summed E-state index contributed by atoms with van der Waals surface area (Å²) >= 11 is -5.10. The molecular weight excluding hydrogens is 623 g/mol. The molecular formula is C37H40Hf. The van der Waals surface area contributed by atoms with E-state index in [9.17, 15) is 0 Å². The molecule has 0 N–H and O–H groups in total. The van der Waals surface area contributed by atoms with Crippen LogP contribution in [0.2, 0.25) is 17.7 Å². The van der Waals surface area contributed by atoms with Crippen LogP contribution in [0, 0.1) is 0 Å². The summed E-state index contributed by atoms with van der Waals surface area (Å²) in [6, 6.07) is 35.6. The van der Waals surface area contributed by atoms with Crippen LogP contribution in [0.1, 0.15) is 43.5 Å². The van der Waals surface area contributed by atoms with Crippen molar-refractivity contribution in [3.8, 4) is 22.3 Å². The first-order chi connectivity index (χ1) is 18.1. The summed E-state index contributed by atoms with van der Waals surface area (Å²) in [5, 5.41) is 0. The molecule has 2 unspecified atom stereocenters. The standard InChI is InChI=1S/2C15H11.2C2H5.2CH3.CH2.Hf/c2*1-2-6-12(7-3-1)14-10-4-8-13-9-5-11-15(13)14;2*1-2;;;;/h2*1-11H;2*1H2,2H3;2*1H3;1H2;. The molecule has 4 aromatic carbocycles. The van der Waals surface area contributed by atoms with Gasteiger partial charge in [-0.1, -0.05) is 0 Å². The van der Waals surface area contributed by atoms with Gasteiger partial charge in [0.2, 0.25) is 0 Å². The molecule has 0 aromatic heterocycles. The van der Waals surface area contributed by atoms with Gasteiger partial charge in [0.1, 0.15) is 0 Å². The van der Waals surface area contributed by atoms with Gasteiger partial charge in [0.15, 0.2) is 0 Å². The van der Waals surface area contributed by atoms with E-state index in [4.69, 9.17) is 4.26 Å². The van der Waals surface area contributed by atoms with Crippen molar-refractivity contribution in [2.24, 2.45) is 0 Å². The second kappa shape index (κ2) is 7.60. The van der Waals surface area contributed by atoms with E-state index >= 15 is 0 Å². The topological polar surface area (TPSA) is 0 Å². The summed E-state index contributed by atoms with van der Waals surface area (Å²) < 4.78 is 14.0. The normalized spacial score (nSPS) is 20.7. The molecule has 0 heterocycles. The van der Waals surface area contributed by atoms with Crippen LogP contribution < -0.4 is 0 Å². The second-order valence-electron chi connectivity index (χ2n) is 14.6. The van der Waals surface area contributed by atoms with Gasteiger partial charge >= 0.3 is 224 Å². The van der Waals surface area contributed by atoms with E-state index < -0.39 is 15.1 Å². The Hall–Kier alpha value is -2.90. The van der Waals surface area contributed by atoms with Gasteiger partial charge in [-0.15, -0.1) is 0 Å². The van der Waals surface area contributed by atoms with Gasteiger partial charge < -0.3 is 0 Å². The Morgan fingerprint density at radius 3 is 1.32 bits per heavy atom. The Morgan fingerprint density at radius 2 is 0.947 bits per heavy atom. The Balaban J connectivity index is 1.60. The number of benzene rings is 4. The summed E-state index contributed by atoms with van der Waals surface area (Å²) in [7, 11) is 0. The van der Waals surface area contributed by atoms with Gasteiger partial charge in [0.25, 0.3) is 0 Å². The van der Waals surface area contributed by atoms with Crippen LogP contribution in [-0.2, 0) is 15.1 Å². The summed E-state index contributed by atoms with van der Waals surface area (Å²) in [6.45, 7) is 4.89. The van der Waals surface area contributed by atoms with E-state index in [2.05, 4.69) is 145 Å². The zero-order chi connectivity index (χ0) is 26.7. The third-order valence-corrected chi connectivity index (χ3v) is 60.0. The molecule has 4 aromatic rings. The van der Waals surface area contributed by atoms with Crippen LogP contribution >= 0.6 is 0 Å². The van der Waals surface area contributed by atoms with Crippen molar-refractivity contribution in [2.45, 2.75) is 38.9 Å². The number of hydrogen-bond acceptors (Lipinski definition) is 0. The van der Waals surface area contributed by atoms with Crippen molar-refractivity contribution in [1.82, 2.24) is 0 Å². The molecule has 0 radical (unpaired) electrons. The molecule has 6 rings (SSSR count). The average molecular weight is 663 g/mol. The van der Waals surface area contributed by atoms with E-state index in [-0.39, 0.29) is 0 Å². The number of hydrogen-bond donors (Lipinski definition) is 0. The third kappa shape index (κ3) is 3.21. The van der Waals surface area contributed by atoms with Crippen LogP contribution in [0.15, 0.2) is 109 Å². The van der Waals surface area contributed by atoms with Crippen molar-refractivity contribution < 1.29 is 15.1 Å². The monoisotopic (exact) mass is 664 g/mol. The Kier molecular flexibility index (Phi) is 5.08. The van der Waals surface area contributed by atoms with Gasteiger partial charge in [-0.3, -0.25) is 0 Å². The number of allylic oxidation sites excluding steroid dienone is 2. The van der Waals surface area contributed by atoms with Crippen LogP contribution in [0.3, 0.4) is 0 Å². The molecule has 0 saturated carbocycles. The average Bonchev–Trinajstić information content (AvgIpc) is 3.61. The van der Waals surface area contributed by atoms with Crippen molar-refractivity contribution in [3.05, 3.63) is 131 Å². The fraction of sp³-hybridized carbons (Fsp3) is 0.216. The van der Waals surface area contributed by atoms with Gasteiger partial charge in [-0.25, -0.2) is 0 Å². The molecule has 0 bridgehead atoms. The molecule has 0 aliphatic heterocycles. The maximum absolute atomic E-state index is 5.66. The van der Waals surface area contributed by atoms with Crippen molar-refractivity contribution in [1.29, 1.82) is 0 Å². The minimum absolute atomic E-state index is 0.328. The van der Waals surface area contributed by atoms with Crippen LogP contribution in [0.4, 0.5) is 0 Å². The van der Waals surface area contributed by atoms with Crippen LogP contribution in [-0.4, -0.2) is 4.26 Å². The summed E-state index contributed by atoms with van der Waals surface area (Å²) in [5.41, 5.74) is 10.9. The van der Waals surface area contributed by atoms with Crippen molar-refractivity contribution in [2.75, 3.05) is 0 Å². The predicted molar refractivity (Wildman–Crippen MR) is 167 cm³/mol. The Bertz CT molecular complexity index is 1630. The fourth-order valence-electron chi connectivity index (χ4n) is 8.10. The van der Waals surface area contributed by atoms with E-state index in [1.165, 1.54) is 44.5 Å². The summed E-state index contributed by atoms with van der Waals surface area (Å²) in [6.07, 6.45) is 9.93. The molecule has 0 fully saturated rings. The van der Waals surface area contributed by atoms with Gasteiger partial charge in [-0.05, 0) is 0 Å². The summed E-state index contributed by atoms with van der Waals surface area (Å²) in [4.78, 5) is 0. The molecule has 192 valence electrons. The first-order valence-corrected chi connectivity index (χ1v) is 33.3. The zero-order valence-corrected chi connectivity index (χ0v) is 26.9. The Labute approximate surface area is 222 Å². The number of rotatable bonds is 6. The molecule has 0 nitrogen and oxygen atoms in total. The van der Waals surface area contributed by atoms with Crippen LogP contribution in [0.5, 0.6) is 0 Å². The fourth-order valence-corrected chi connectivity index (χ4v) is 37.1. The van der Waals surface area contributed by atoms with E-state index in [1.54, 1.807) is 0 Å². The molecule has 1 heteroatoms. The molecule has 2 aliphatic carbocycles. The quantitative estimate of drug-likeness (QED) is 0.180. The van der Waals surface area contributed by atoms with E-state index in [1.807, 2.05) is 0 Å². The van der Waals surface area contributed by atoms with Crippen molar-refractivity contribution >= 4 is 16.4 Å². The SMILES string of the molecule is [CH2]=[Hf]([CH3])([CH3])([CH2]C)([CH2]C)([CH]1C=Cc2c(-c3ccccc3)cccc21)[CH]1C=Cc2c(-c3ccccc3)cccc21. The van der Waals surface area contributed by atoms with E-state index in [0.717, 1.165) is 8.35 Å². The molecule has 0 amide bonds. The molecule has 38 heavy (non-hydrogen) atoms. The minimum atomic E-state index is -5.10. The third-order valence-electron chi connectivity index (χ3n) is 12.2. The molecule has 0 saturated heterocycles. The molecule has 2 atom stereocenters. The first kappa shape index (κ1) is 25.4. The van der Waals surface area contributed by atoms with Crippen molar-refractivity contribution in [3.63, 3.8) is 0 Å². The molecule has 0 spiro atoms. The second-order valence-corrected chi connectivity index (χ2v) is 66.7.